The number of hydrogen-bond acceptors (Lipinski definition) is 5. The van der Waals surface area contributed by atoms with Gasteiger partial charge < -0.3 is 10.7 Å². The van der Waals surface area contributed by atoms with E-state index in [4.69, 9.17) is 11.6 Å². The summed E-state index contributed by atoms with van der Waals surface area (Å²) in [6.45, 7) is 4.08. The maximum atomic E-state index is 13.1. The molecule has 6 nitrogen and oxygen atoms in total. The van der Waals surface area contributed by atoms with Crippen LogP contribution in [0.25, 0.3) is 0 Å². The molecule has 28 heavy (non-hydrogen) atoms. The van der Waals surface area contributed by atoms with Gasteiger partial charge in [-0.15, -0.1) is 10.2 Å². The molecular formula is C20H20ClN5OS. The Hall–Kier alpha value is -2.51. The number of nitrogens with one attached hydrogen (secondary N) is 2. The summed E-state index contributed by atoms with van der Waals surface area (Å²) in [4.78, 5) is 13.1. The zero-order valence-corrected chi connectivity index (χ0v) is 17.1. The van der Waals surface area contributed by atoms with E-state index >= 15 is 0 Å². The first-order valence-electron chi connectivity index (χ1n) is 9.05. The molecule has 0 aliphatic carbocycles. The minimum absolute atomic E-state index is 0.113. The molecule has 1 amide bonds. The Labute approximate surface area is 172 Å². The van der Waals surface area contributed by atoms with Crippen molar-refractivity contribution >= 4 is 35.0 Å². The van der Waals surface area contributed by atoms with Crippen LogP contribution in [0.15, 0.2) is 53.7 Å². The highest BCUT2D eigenvalue weighted by Gasteiger charge is 2.37. The van der Waals surface area contributed by atoms with Crippen molar-refractivity contribution in [3.05, 3.63) is 70.5 Å². The van der Waals surface area contributed by atoms with Crippen LogP contribution in [-0.4, -0.2) is 26.0 Å². The number of carbonyl (C=O) groups is 1. The lowest BCUT2D eigenvalue weighted by molar-refractivity contribution is -0.116. The van der Waals surface area contributed by atoms with E-state index in [1.807, 2.05) is 42.8 Å². The maximum absolute atomic E-state index is 13.1. The van der Waals surface area contributed by atoms with E-state index in [-0.39, 0.29) is 11.9 Å². The van der Waals surface area contributed by atoms with E-state index in [0.717, 1.165) is 17.8 Å². The van der Waals surface area contributed by atoms with E-state index in [2.05, 4.69) is 33.1 Å². The van der Waals surface area contributed by atoms with Crippen molar-refractivity contribution in [1.82, 2.24) is 14.9 Å². The zero-order chi connectivity index (χ0) is 19.7. The molecule has 1 aliphatic rings. The van der Waals surface area contributed by atoms with Gasteiger partial charge in [0.25, 0.3) is 0 Å². The molecule has 2 N–H and O–H groups in total. The third kappa shape index (κ3) is 3.72. The fourth-order valence-corrected chi connectivity index (χ4v) is 4.42. The molecule has 0 radical (unpaired) electrons. The average Bonchev–Trinajstić information content (AvgIpc) is 3.09. The van der Waals surface area contributed by atoms with E-state index in [1.165, 1.54) is 17.3 Å². The van der Waals surface area contributed by atoms with Crippen LogP contribution in [0, 0.1) is 6.92 Å². The van der Waals surface area contributed by atoms with Crippen molar-refractivity contribution in [1.29, 1.82) is 0 Å². The molecule has 2 aromatic carbocycles. The molecule has 0 unspecified atom stereocenters. The first-order valence-corrected chi connectivity index (χ1v) is 10.3. The molecule has 1 aromatic heterocycles. The minimum Gasteiger partial charge on any atom is -0.325 e. The fraction of sp³-hybridized carbons (Fsp3) is 0.250. The van der Waals surface area contributed by atoms with E-state index in [9.17, 15) is 4.79 Å². The van der Waals surface area contributed by atoms with Gasteiger partial charge in [0.1, 0.15) is 5.25 Å². The standard InChI is InChI=1S/C20H20ClN5OS/c1-3-16-23-24-20-26(16)25-17(13-9-7-12(2)8-10-13)18(28-20)19(27)22-15-6-4-5-14(21)11-15/h4-11,17-18,25H,3H2,1-2H3,(H,22,27)/t17-,18+/m1/s1. The summed E-state index contributed by atoms with van der Waals surface area (Å²) in [6, 6.07) is 15.1. The lowest BCUT2D eigenvalue weighted by Gasteiger charge is -2.33. The Morgan fingerprint density at radius 1 is 1.25 bits per heavy atom. The van der Waals surface area contributed by atoms with Crippen LogP contribution in [0.3, 0.4) is 0 Å². The highest BCUT2D eigenvalue weighted by Crippen LogP contribution is 2.37. The molecule has 2 heterocycles. The zero-order valence-electron chi connectivity index (χ0n) is 15.5. The van der Waals surface area contributed by atoms with Crippen LogP contribution in [-0.2, 0) is 11.2 Å². The predicted octanol–water partition coefficient (Wildman–Crippen LogP) is 4.20. The summed E-state index contributed by atoms with van der Waals surface area (Å²) in [5.74, 6) is 0.728. The van der Waals surface area contributed by atoms with Crippen LogP contribution in [0.1, 0.15) is 29.9 Å². The molecule has 2 atom stereocenters. The van der Waals surface area contributed by atoms with Crippen molar-refractivity contribution < 1.29 is 4.79 Å². The van der Waals surface area contributed by atoms with Gasteiger partial charge in [-0.3, -0.25) is 4.79 Å². The van der Waals surface area contributed by atoms with E-state index in [1.54, 1.807) is 12.1 Å². The van der Waals surface area contributed by atoms with Crippen LogP contribution < -0.4 is 10.7 Å². The molecule has 0 fully saturated rings. The van der Waals surface area contributed by atoms with Crippen molar-refractivity contribution in [3.63, 3.8) is 0 Å². The number of fused-ring (bicyclic) bond motifs is 1. The van der Waals surface area contributed by atoms with Gasteiger partial charge in [-0.05, 0) is 30.7 Å². The second kappa shape index (κ2) is 7.85. The topological polar surface area (TPSA) is 71.8 Å². The third-order valence-electron chi connectivity index (χ3n) is 4.61. The summed E-state index contributed by atoms with van der Waals surface area (Å²) in [6.07, 6.45) is 0.751. The smallest absolute Gasteiger partial charge is 0.240 e. The normalized spacial score (nSPS) is 18.2. The lowest BCUT2D eigenvalue weighted by Crippen LogP contribution is -2.41. The molecule has 0 bridgehead atoms. The van der Waals surface area contributed by atoms with E-state index < -0.39 is 5.25 Å². The molecule has 3 aromatic rings. The predicted molar refractivity (Wildman–Crippen MR) is 112 cm³/mol. The molecule has 144 valence electrons. The first-order chi connectivity index (χ1) is 13.5. The highest BCUT2D eigenvalue weighted by atomic mass is 35.5. The van der Waals surface area contributed by atoms with Crippen LogP contribution in [0.4, 0.5) is 5.69 Å². The number of amides is 1. The first kappa shape index (κ1) is 18.8. The van der Waals surface area contributed by atoms with Gasteiger partial charge in [0.2, 0.25) is 11.1 Å². The molecule has 8 heteroatoms. The quantitative estimate of drug-likeness (QED) is 0.670. The Morgan fingerprint density at radius 2 is 2.04 bits per heavy atom. The number of rotatable bonds is 4. The number of hydrogen-bond donors (Lipinski definition) is 2. The number of aryl methyl sites for hydroxylation is 2. The number of nitrogens with zero attached hydrogens (tertiary/aromatic N) is 3. The monoisotopic (exact) mass is 413 g/mol. The summed E-state index contributed by atoms with van der Waals surface area (Å²) >= 11 is 7.46. The fourth-order valence-electron chi connectivity index (χ4n) is 3.13. The number of thioether (sulfide) groups is 1. The van der Waals surface area contributed by atoms with Gasteiger partial charge in [0, 0.05) is 17.1 Å². The van der Waals surface area contributed by atoms with Gasteiger partial charge >= 0.3 is 0 Å². The third-order valence-corrected chi connectivity index (χ3v) is 6.06. The minimum atomic E-state index is -0.414. The summed E-state index contributed by atoms with van der Waals surface area (Å²) in [5, 5.41) is 12.3. The molecule has 1 aliphatic heterocycles. The SMILES string of the molecule is CCc1nnc2n1N[C@H](c1ccc(C)cc1)[C@@H](C(=O)Nc1cccc(Cl)c1)S2. The molecule has 0 saturated carbocycles. The van der Waals surface area contributed by atoms with Gasteiger partial charge in [0.05, 0.1) is 6.04 Å². The largest absolute Gasteiger partial charge is 0.325 e. The second-order valence-corrected chi connectivity index (χ2v) is 8.19. The van der Waals surface area contributed by atoms with Gasteiger partial charge in [-0.25, -0.2) is 4.68 Å². The summed E-state index contributed by atoms with van der Waals surface area (Å²) in [7, 11) is 0. The number of halogens is 1. The van der Waals surface area contributed by atoms with Crippen molar-refractivity contribution in [2.75, 3.05) is 10.7 Å². The Balaban J connectivity index is 1.67. The van der Waals surface area contributed by atoms with Crippen molar-refractivity contribution in [2.24, 2.45) is 0 Å². The van der Waals surface area contributed by atoms with E-state index in [0.29, 0.717) is 15.9 Å². The molecule has 0 spiro atoms. The molecule has 4 rings (SSSR count). The van der Waals surface area contributed by atoms with Crippen molar-refractivity contribution in [2.45, 2.75) is 36.7 Å². The lowest BCUT2D eigenvalue weighted by atomic mass is 10.0. The highest BCUT2D eigenvalue weighted by molar-refractivity contribution is 8.00. The number of carbonyl (C=O) groups excluding carboxylic acids is 1. The van der Waals surface area contributed by atoms with Crippen LogP contribution in [0.5, 0.6) is 0 Å². The summed E-state index contributed by atoms with van der Waals surface area (Å²) in [5.41, 5.74) is 6.32. The molecule has 0 saturated heterocycles. The van der Waals surface area contributed by atoms with Gasteiger partial charge in [0.15, 0.2) is 5.82 Å². The number of benzene rings is 2. The number of aromatic nitrogens is 3. The molecular weight excluding hydrogens is 394 g/mol. The number of anilines is 1. The maximum Gasteiger partial charge on any atom is 0.240 e. The van der Waals surface area contributed by atoms with Gasteiger partial charge in [-0.1, -0.05) is 66.2 Å². The summed E-state index contributed by atoms with van der Waals surface area (Å²) < 4.78 is 1.89. The Morgan fingerprint density at radius 3 is 2.75 bits per heavy atom. The Bertz CT molecular complexity index is 1000. The Kier molecular flexibility index (Phi) is 5.28. The van der Waals surface area contributed by atoms with Gasteiger partial charge in [-0.2, -0.15) is 0 Å². The second-order valence-electron chi connectivity index (χ2n) is 6.64. The van der Waals surface area contributed by atoms with Crippen LogP contribution >= 0.6 is 23.4 Å². The van der Waals surface area contributed by atoms with Crippen LogP contribution in [0.2, 0.25) is 5.02 Å². The van der Waals surface area contributed by atoms with Crippen molar-refractivity contribution in [3.8, 4) is 0 Å². The average molecular weight is 414 g/mol.